The largest absolute Gasteiger partial charge is 0.372 e. The summed E-state index contributed by atoms with van der Waals surface area (Å²) in [5, 5.41) is 17.6. The molecule has 1 unspecified atom stereocenters. The first-order valence-corrected chi connectivity index (χ1v) is 11.3. The van der Waals surface area contributed by atoms with Crippen molar-refractivity contribution in [1.29, 1.82) is 0 Å². The maximum atomic E-state index is 13.5. The zero-order valence-electron chi connectivity index (χ0n) is 16.7. The van der Waals surface area contributed by atoms with E-state index in [1.807, 2.05) is 18.2 Å². The number of primary sulfonamides is 1. The summed E-state index contributed by atoms with van der Waals surface area (Å²) in [6.45, 7) is 0.234. The monoisotopic (exact) mass is 446 g/mol. The Kier molecular flexibility index (Phi) is 4.55. The van der Waals surface area contributed by atoms with Crippen molar-refractivity contribution >= 4 is 32.5 Å². The van der Waals surface area contributed by atoms with Crippen LogP contribution in [0, 0.1) is 0 Å². The summed E-state index contributed by atoms with van der Waals surface area (Å²) < 4.78 is 23.2. The smallest absolute Gasteiger partial charge is 0.268 e. The molecule has 160 valence electrons. The number of rotatable bonds is 4. The Labute approximate surface area is 184 Å². The Hall–Kier alpha value is -3.66. The van der Waals surface area contributed by atoms with Crippen LogP contribution in [-0.4, -0.2) is 29.4 Å². The lowest BCUT2D eigenvalue weighted by atomic mass is 9.87. The Bertz CT molecular complexity index is 1470. The van der Waals surface area contributed by atoms with Crippen LogP contribution < -0.4 is 10.0 Å². The van der Waals surface area contributed by atoms with E-state index >= 15 is 0 Å². The zero-order valence-corrected chi connectivity index (χ0v) is 17.5. The number of carbonyl (C=O) groups excluding carboxylic acids is 1. The molecule has 32 heavy (non-hydrogen) atoms. The lowest BCUT2D eigenvalue weighted by molar-refractivity contribution is -0.132. The quantitative estimate of drug-likeness (QED) is 0.494. The van der Waals surface area contributed by atoms with E-state index in [2.05, 4.69) is 9.97 Å². The normalized spacial score (nSPS) is 18.2. The molecule has 0 aliphatic carbocycles. The van der Waals surface area contributed by atoms with Crippen LogP contribution in [0.1, 0.15) is 16.7 Å². The van der Waals surface area contributed by atoms with Gasteiger partial charge in [0.2, 0.25) is 10.0 Å². The lowest BCUT2D eigenvalue weighted by Gasteiger charge is -2.24. The zero-order chi connectivity index (χ0) is 22.5. The van der Waals surface area contributed by atoms with Gasteiger partial charge in [0, 0.05) is 17.1 Å². The highest BCUT2D eigenvalue weighted by atomic mass is 32.2. The van der Waals surface area contributed by atoms with Gasteiger partial charge >= 0.3 is 0 Å². The highest BCUT2D eigenvalue weighted by Gasteiger charge is 2.50. The van der Waals surface area contributed by atoms with Gasteiger partial charge in [-0.25, -0.2) is 23.5 Å². The first kappa shape index (κ1) is 20.3. The molecule has 0 saturated heterocycles. The maximum Gasteiger partial charge on any atom is 0.268 e. The number of benzene rings is 3. The number of hydrogen-bond donors (Lipinski definition) is 2. The minimum atomic E-state index is -3.89. The van der Waals surface area contributed by atoms with E-state index in [0.717, 1.165) is 16.5 Å². The molecule has 0 radical (unpaired) electrons. The van der Waals surface area contributed by atoms with E-state index in [1.54, 1.807) is 30.5 Å². The predicted molar refractivity (Wildman–Crippen MR) is 118 cm³/mol. The Morgan fingerprint density at radius 2 is 1.78 bits per heavy atom. The van der Waals surface area contributed by atoms with E-state index in [4.69, 9.17) is 5.14 Å². The topological polar surface area (TPSA) is 126 Å². The molecule has 0 fully saturated rings. The molecule has 1 aliphatic heterocycles. The molecule has 1 atom stereocenters. The highest BCUT2D eigenvalue weighted by Crippen LogP contribution is 2.45. The summed E-state index contributed by atoms with van der Waals surface area (Å²) in [6.07, 6.45) is 3.18. The number of para-hydroxylation sites is 1. The molecule has 0 bridgehead atoms. The van der Waals surface area contributed by atoms with Gasteiger partial charge in [-0.15, -0.1) is 0 Å². The molecule has 5 rings (SSSR count). The van der Waals surface area contributed by atoms with Gasteiger partial charge in [0.05, 0.1) is 22.6 Å². The minimum absolute atomic E-state index is 0.0983. The molecule has 9 heteroatoms. The van der Waals surface area contributed by atoms with Crippen molar-refractivity contribution in [1.82, 2.24) is 9.97 Å². The lowest BCUT2D eigenvalue weighted by Crippen LogP contribution is -2.40. The number of hydrogen-bond acceptors (Lipinski definition) is 6. The van der Waals surface area contributed by atoms with E-state index < -0.39 is 21.5 Å². The molecule has 8 nitrogen and oxygen atoms in total. The molecule has 4 aromatic rings. The van der Waals surface area contributed by atoms with Crippen molar-refractivity contribution in [2.24, 2.45) is 5.14 Å². The van der Waals surface area contributed by atoms with Gasteiger partial charge < -0.3 is 10.0 Å². The molecule has 3 N–H and O–H groups in total. The second-order valence-electron chi connectivity index (χ2n) is 7.60. The van der Waals surface area contributed by atoms with Crippen molar-refractivity contribution in [3.8, 4) is 0 Å². The third kappa shape index (κ3) is 3.14. The number of fused-ring (bicyclic) bond motifs is 2. The second-order valence-corrected chi connectivity index (χ2v) is 9.17. The van der Waals surface area contributed by atoms with Crippen LogP contribution in [0.2, 0.25) is 0 Å². The van der Waals surface area contributed by atoms with Gasteiger partial charge in [0.1, 0.15) is 6.33 Å². The molecule has 1 amide bonds. The molecule has 0 spiro atoms. The number of anilines is 1. The fourth-order valence-electron chi connectivity index (χ4n) is 4.07. The first-order valence-electron chi connectivity index (χ1n) is 9.74. The Morgan fingerprint density at radius 1 is 1.03 bits per heavy atom. The number of nitrogens with two attached hydrogens (primary N) is 1. The van der Waals surface area contributed by atoms with Crippen LogP contribution in [0.4, 0.5) is 5.69 Å². The van der Waals surface area contributed by atoms with Crippen molar-refractivity contribution in [2.75, 3.05) is 4.90 Å². The maximum absolute atomic E-state index is 13.5. The van der Waals surface area contributed by atoms with Gasteiger partial charge in [-0.05, 0) is 41.5 Å². The molecule has 1 aliphatic rings. The number of aliphatic hydroxyl groups is 1. The molecule has 0 saturated carbocycles. The SMILES string of the molecule is NS(=O)(=O)c1ccc(C2(O)C(=O)N(Cc3ccc4ncncc4c3)c3ccccc32)cc1. The fourth-order valence-corrected chi connectivity index (χ4v) is 4.59. The number of aromatic nitrogens is 2. The average Bonchev–Trinajstić information content (AvgIpc) is 3.01. The third-order valence-electron chi connectivity index (χ3n) is 5.65. The van der Waals surface area contributed by atoms with E-state index in [1.165, 1.54) is 35.5 Å². The third-order valence-corrected chi connectivity index (χ3v) is 6.58. The van der Waals surface area contributed by atoms with Crippen molar-refractivity contribution in [2.45, 2.75) is 17.0 Å². The van der Waals surface area contributed by atoms with Gasteiger partial charge in [0.15, 0.2) is 5.60 Å². The summed E-state index contributed by atoms with van der Waals surface area (Å²) in [5.74, 6) is -0.522. The van der Waals surface area contributed by atoms with Gasteiger partial charge in [-0.1, -0.05) is 36.4 Å². The molecule has 1 aromatic heterocycles. The van der Waals surface area contributed by atoms with Crippen LogP contribution in [0.5, 0.6) is 0 Å². The fraction of sp³-hybridized carbons (Fsp3) is 0.0870. The predicted octanol–water partition coefficient (Wildman–Crippen LogP) is 2.06. The summed E-state index contributed by atoms with van der Waals surface area (Å²) in [4.78, 5) is 23.2. The Morgan fingerprint density at radius 3 is 2.53 bits per heavy atom. The summed E-state index contributed by atoms with van der Waals surface area (Å²) in [6, 6.07) is 18.0. The number of amides is 1. The Balaban J connectivity index is 1.57. The number of carbonyl (C=O) groups is 1. The van der Waals surface area contributed by atoms with Crippen LogP contribution >= 0.6 is 0 Å². The van der Waals surface area contributed by atoms with Crippen LogP contribution in [0.15, 0.2) is 84.1 Å². The summed E-state index contributed by atoms with van der Waals surface area (Å²) in [7, 11) is -3.89. The van der Waals surface area contributed by atoms with Gasteiger partial charge in [-0.3, -0.25) is 4.79 Å². The van der Waals surface area contributed by atoms with Crippen LogP contribution in [0.25, 0.3) is 10.9 Å². The average molecular weight is 446 g/mol. The van der Waals surface area contributed by atoms with Gasteiger partial charge in [0.25, 0.3) is 5.91 Å². The van der Waals surface area contributed by atoms with Gasteiger partial charge in [-0.2, -0.15) is 0 Å². The molecular formula is C23H18N4O4S. The molecule has 2 heterocycles. The summed E-state index contributed by atoms with van der Waals surface area (Å²) >= 11 is 0. The summed E-state index contributed by atoms with van der Waals surface area (Å²) in [5.41, 5.74) is 0.967. The number of nitrogens with zero attached hydrogens (tertiary/aromatic N) is 3. The minimum Gasteiger partial charge on any atom is -0.372 e. The second kappa shape index (κ2) is 7.20. The number of sulfonamides is 1. The van der Waals surface area contributed by atoms with E-state index in [0.29, 0.717) is 11.3 Å². The van der Waals surface area contributed by atoms with Crippen LogP contribution in [-0.2, 0) is 27.0 Å². The van der Waals surface area contributed by atoms with E-state index in [9.17, 15) is 18.3 Å². The first-order chi connectivity index (χ1) is 15.3. The van der Waals surface area contributed by atoms with Crippen LogP contribution in [0.3, 0.4) is 0 Å². The van der Waals surface area contributed by atoms with Crippen molar-refractivity contribution < 1.29 is 18.3 Å². The van der Waals surface area contributed by atoms with E-state index in [-0.39, 0.29) is 17.0 Å². The highest BCUT2D eigenvalue weighted by molar-refractivity contribution is 7.89. The van der Waals surface area contributed by atoms with Crippen molar-refractivity contribution in [3.05, 3.63) is 95.9 Å². The molecular weight excluding hydrogens is 428 g/mol. The molecule has 3 aromatic carbocycles. The standard InChI is InChI=1S/C23H18N4O4S/c24-32(30,31)18-8-6-17(7-9-18)23(29)19-3-1-2-4-21(19)27(22(23)28)13-15-5-10-20-16(11-15)12-25-14-26-20/h1-12,14,29H,13H2,(H2,24,30,31). The van der Waals surface area contributed by atoms with Crippen molar-refractivity contribution in [3.63, 3.8) is 0 Å².